The summed E-state index contributed by atoms with van der Waals surface area (Å²) in [7, 11) is 1.35. The zero-order valence-electron chi connectivity index (χ0n) is 14.9. The van der Waals surface area contributed by atoms with Crippen molar-refractivity contribution in [3.63, 3.8) is 0 Å². The Kier molecular flexibility index (Phi) is 6.63. The van der Waals surface area contributed by atoms with E-state index in [0.717, 1.165) is 12.8 Å². The van der Waals surface area contributed by atoms with Gasteiger partial charge in [0.05, 0.1) is 12.5 Å². The molecule has 1 heterocycles. The van der Waals surface area contributed by atoms with Gasteiger partial charge in [-0.05, 0) is 42.7 Å². The number of methoxy groups -OCH3 is 1. The van der Waals surface area contributed by atoms with Crippen LogP contribution in [-0.2, 0) is 16.0 Å². The fourth-order valence-electron chi connectivity index (χ4n) is 3.03. The van der Waals surface area contributed by atoms with E-state index >= 15 is 0 Å². The number of nitrogens with one attached hydrogen (secondary N) is 1. The first kappa shape index (κ1) is 19.6. The number of rotatable bonds is 5. The van der Waals surface area contributed by atoms with E-state index in [1.807, 2.05) is 18.2 Å². The predicted octanol–water partition coefficient (Wildman–Crippen LogP) is 4.42. The van der Waals surface area contributed by atoms with Crippen LogP contribution in [0.2, 0.25) is 5.02 Å². The van der Waals surface area contributed by atoms with Gasteiger partial charge in [0.15, 0.2) is 0 Å². The number of carbonyl (C=O) groups is 2. The smallest absolute Gasteiger partial charge is 0.329 e. The number of urea groups is 1. The molecule has 1 aliphatic rings. The van der Waals surface area contributed by atoms with Gasteiger partial charge in [0.25, 0.3) is 0 Å². The van der Waals surface area contributed by atoms with E-state index in [2.05, 4.69) is 17.4 Å². The number of ether oxygens (including phenoxy) is 1. The number of nitrogens with zero attached hydrogens (tertiary/aromatic N) is 1. The molecule has 0 bridgehead atoms. The molecular formula is C20H21ClN2O3S. The summed E-state index contributed by atoms with van der Waals surface area (Å²) in [4.78, 5) is 26.7. The van der Waals surface area contributed by atoms with Gasteiger partial charge in [-0.2, -0.15) is 0 Å². The average molecular weight is 405 g/mol. The van der Waals surface area contributed by atoms with Gasteiger partial charge in [-0.25, -0.2) is 9.59 Å². The van der Waals surface area contributed by atoms with Crippen LogP contribution in [0, 0.1) is 0 Å². The van der Waals surface area contributed by atoms with E-state index in [1.54, 1.807) is 40.9 Å². The first-order valence-corrected chi connectivity index (χ1v) is 10.1. The van der Waals surface area contributed by atoms with E-state index in [4.69, 9.17) is 16.3 Å². The third-order valence-electron chi connectivity index (χ3n) is 4.42. The summed E-state index contributed by atoms with van der Waals surface area (Å²) < 4.78 is 4.90. The summed E-state index contributed by atoms with van der Waals surface area (Å²) in [5, 5.41) is 3.35. The molecule has 0 saturated carbocycles. The number of hydrogen-bond donors (Lipinski definition) is 1. The van der Waals surface area contributed by atoms with Gasteiger partial charge in [0, 0.05) is 16.5 Å². The number of halogens is 1. The lowest BCUT2D eigenvalue weighted by atomic mass is 10.1. The number of thioether (sulfide) groups is 1. The first-order valence-electron chi connectivity index (χ1n) is 8.66. The maximum atomic E-state index is 12.9. The van der Waals surface area contributed by atoms with E-state index in [0.29, 0.717) is 16.5 Å². The molecule has 1 fully saturated rings. The van der Waals surface area contributed by atoms with Gasteiger partial charge < -0.3 is 10.1 Å². The fourth-order valence-corrected chi connectivity index (χ4v) is 4.55. The van der Waals surface area contributed by atoms with Crippen LogP contribution in [0.3, 0.4) is 0 Å². The van der Waals surface area contributed by atoms with Crippen LogP contribution in [-0.4, -0.2) is 41.2 Å². The summed E-state index contributed by atoms with van der Waals surface area (Å²) in [6, 6.07) is 16.1. The van der Waals surface area contributed by atoms with Crippen LogP contribution in [0.25, 0.3) is 0 Å². The molecule has 0 spiro atoms. The van der Waals surface area contributed by atoms with Crippen LogP contribution in [0.5, 0.6) is 0 Å². The van der Waals surface area contributed by atoms with Crippen LogP contribution < -0.4 is 5.32 Å². The number of benzene rings is 2. The molecule has 2 aromatic carbocycles. The van der Waals surface area contributed by atoms with Crippen molar-refractivity contribution in [3.8, 4) is 0 Å². The molecule has 27 heavy (non-hydrogen) atoms. The van der Waals surface area contributed by atoms with Crippen molar-refractivity contribution >= 4 is 41.1 Å². The number of carbonyl (C=O) groups excluding carboxylic acids is 2. The number of esters is 1. The normalized spacial score (nSPS) is 19.0. The largest absolute Gasteiger partial charge is 0.467 e. The summed E-state index contributed by atoms with van der Waals surface area (Å²) >= 11 is 7.50. The Morgan fingerprint density at radius 3 is 2.56 bits per heavy atom. The number of anilines is 1. The maximum absolute atomic E-state index is 12.9. The zero-order chi connectivity index (χ0) is 19.2. The molecule has 142 valence electrons. The number of hydrogen-bond acceptors (Lipinski definition) is 4. The minimum Gasteiger partial charge on any atom is -0.467 e. The molecule has 2 amide bonds. The lowest BCUT2D eigenvalue weighted by Crippen LogP contribution is -2.48. The van der Waals surface area contributed by atoms with Crippen LogP contribution in [0.1, 0.15) is 12.0 Å². The molecule has 2 unspecified atom stereocenters. The molecule has 1 N–H and O–H groups in total. The SMILES string of the molecule is COC(=O)C1CSC(CCc2ccccc2)N1C(=O)Nc1ccc(Cl)cc1. The minimum atomic E-state index is -0.590. The molecule has 2 atom stereocenters. The van der Waals surface area contributed by atoms with Crippen molar-refractivity contribution < 1.29 is 14.3 Å². The van der Waals surface area contributed by atoms with Crippen LogP contribution >= 0.6 is 23.4 Å². The second kappa shape index (κ2) is 9.15. The van der Waals surface area contributed by atoms with Crippen molar-refractivity contribution in [2.24, 2.45) is 0 Å². The van der Waals surface area contributed by atoms with E-state index in [-0.39, 0.29) is 11.4 Å². The molecular weight excluding hydrogens is 384 g/mol. The zero-order valence-corrected chi connectivity index (χ0v) is 16.5. The Morgan fingerprint density at radius 1 is 1.19 bits per heavy atom. The van der Waals surface area contributed by atoms with Crippen molar-refractivity contribution in [2.45, 2.75) is 24.3 Å². The molecule has 0 aliphatic carbocycles. The van der Waals surface area contributed by atoms with Gasteiger partial charge >= 0.3 is 12.0 Å². The molecule has 7 heteroatoms. The Labute approximate surface area is 168 Å². The highest BCUT2D eigenvalue weighted by atomic mass is 35.5. The molecule has 1 saturated heterocycles. The summed E-state index contributed by atoms with van der Waals surface area (Å²) in [6.07, 6.45) is 1.59. The maximum Gasteiger partial charge on any atom is 0.329 e. The third kappa shape index (κ3) is 4.96. The summed E-state index contributed by atoms with van der Waals surface area (Å²) in [5.74, 6) is 0.135. The molecule has 5 nitrogen and oxygen atoms in total. The molecule has 3 rings (SSSR count). The number of amides is 2. The molecule has 2 aromatic rings. The van der Waals surface area contributed by atoms with Crippen LogP contribution in [0.4, 0.5) is 10.5 Å². The Morgan fingerprint density at radius 2 is 1.89 bits per heavy atom. The highest BCUT2D eigenvalue weighted by Gasteiger charge is 2.42. The van der Waals surface area contributed by atoms with Gasteiger partial charge in [0.2, 0.25) is 0 Å². The van der Waals surface area contributed by atoms with E-state index in [9.17, 15) is 9.59 Å². The second-order valence-corrected chi connectivity index (χ2v) is 7.84. The van der Waals surface area contributed by atoms with Crippen molar-refractivity contribution in [2.75, 3.05) is 18.2 Å². The van der Waals surface area contributed by atoms with E-state index in [1.165, 1.54) is 12.7 Å². The van der Waals surface area contributed by atoms with Crippen molar-refractivity contribution in [1.29, 1.82) is 0 Å². The third-order valence-corrected chi connectivity index (χ3v) is 6.03. The van der Waals surface area contributed by atoms with Gasteiger partial charge in [0.1, 0.15) is 6.04 Å². The van der Waals surface area contributed by atoms with Gasteiger partial charge in [-0.15, -0.1) is 11.8 Å². The molecule has 1 aliphatic heterocycles. The Balaban J connectivity index is 1.72. The molecule has 0 radical (unpaired) electrons. The highest BCUT2D eigenvalue weighted by molar-refractivity contribution is 8.00. The van der Waals surface area contributed by atoms with Gasteiger partial charge in [-0.1, -0.05) is 41.9 Å². The lowest BCUT2D eigenvalue weighted by Gasteiger charge is -2.28. The number of aryl methyl sites for hydroxylation is 1. The topological polar surface area (TPSA) is 58.6 Å². The predicted molar refractivity (Wildman–Crippen MR) is 109 cm³/mol. The minimum absolute atomic E-state index is 0.0957. The standard InChI is InChI=1S/C20H21ClN2O3S/c1-26-19(24)17-13-27-18(12-7-14-5-3-2-4-6-14)23(17)20(25)22-16-10-8-15(21)9-11-16/h2-6,8-11,17-18H,7,12-13H2,1H3,(H,22,25). The Bertz CT molecular complexity index is 786. The fraction of sp³-hybridized carbons (Fsp3) is 0.300. The highest BCUT2D eigenvalue weighted by Crippen LogP contribution is 2.33. The van der Waals surface area contributed by atoms with Crippen molar-refractivity contribution in [1.82, 2.24) is 4.90 Å². The summed E-state index contributed by atoms with van der Waals surface area (Å²) in [6.45, 7) is 0. The quantitative estimate of drug-likeness (QED) is 0.749. The first-order chi connectivity index (χ1) is 13.1. The summed E-state index contributed by atoms with van der Waals surface area (Å²) in [5.41, 5.74) is 1.84. The molecule has 0 aromatic heterocycles. The van der Waals surface area contributed by atoms with Crippen molar-refractivity contribution in [3.05, 3.63) is 65.2 Å². The average Bonchev–Trinajstić information content (AvgIpc) is 3.12. The Hall–Kier alpha value is -2.18. The van der Waals surface area contributed by atoms with Crippen LogP contribution in [0.15, 0.2) is 54.6 Å². The monoisotopic (exact) mass is 404 g/mol. The lowest BCUT2D eigenvalue weighted by molar-refractivity contribution is -0.144. The second-order valence-electron chi connectivity index (χ2n) is 6.20. The van der Waals surface area contributed by atoms with E-state index < -0.39 is 12.0 Å². The van der Waals surface area contributed by atoms with Gasteiger partial charge in [-0.3, -0.25) is 4.90 Å².